The molecule has 0 unspecified atom stereocenters. The highest BCUT2D eigenvalue weighted by atomic mass is 16.6. The van der Waals surface area contributed by atoms with Crippen LogP contribution in [0.15, 0.2) is 0 Å². The molecule has 0 spiro atoms. The molecule has 0 amide bonds. The van der Waals surface area contributed by atoms with Crippen molar-refractivity contribution in [2.24, 2.45) is 17.8 Å². The first-order valence-electron chi connectivity index (χ1n) is 30.6. The summed E-state index contributed by atoms with van der Waals surface area (Å²) < 4.78 is 16.9. The minimum atomic E-state index is -0.764. The lowest BCUT2D eigenvalue weighted by Crippen LogP contribution is -2.30. The molecule has 0 radical (unpaired) electrons. The van der Waals surface area contributed by atoms with Crippen LogP contribution in [0.2, 0.25) is 0 Å². The van der Waals surface area contributed by atoms with Crippen LogP contribution in [0.4, 0.5) is 0 Å². The summed E-state index contributed by atoms with van der Waals surface area (Å²) in [7, 11) is 0. The zero-order valence-corrected chi connectivity index (χ0v) is 46.9. The fourth-order valence-electron chi connectivity index (χ4n) is 9.53. The first-order valence-corrected chi connectivity index (χ1v) is 30.6. The van der Waals surface area contributed by atoms with Crippen molar-refractivity contribution in [2.75, 3.05) is 13.2 Å². The largest absolute Gasteiger partial charge is 0.462 e. The van der Waals surface area contributed by atoms with Gasteiger partial charge in [-0.3, -0.25) is 14.4 Å². The van der Waals surface area contributed by atoms with E-state index in [-0.39, 0.29) is 31.1 Å². The molecule has 0 heterocycles. The van der Waals surface area contributed by atoms with Crippen molar-refractivity contribution in [3.8, 4) is 0 Å². The van der Waals surface area contributed by atoms with Gasteiger partial charge in [-0.15, -0.1) is 0 Å². The topological polar surface area (TPSA) is 78.9 Å². The maximum atomic E-state index is 12.9. The van der Waals surface area contributed by atoms with Crippen LogP contribution in [0.3, 0.4) is 0 Å². The summed E-state index contributed by atoms with van der Waals surface area (Å²) in [4.78, 5) is 38.2. The van der Waals surface area contributed by atoms with Crippen molar-refractivity contribution >= 4 is 17.9 Å². The number of hydrogen-bond acceptors (Lipinski definition) is 6. The van der Waals surface area contributed by atoms with E-state index in [1.807, 2.05) is 0 Å². The van der Waals surface area contributed by atoms with Crippen molar-refractivity contribution in [3.63, 3.8) is 0 Å². The van der Waals surface area contributed by atoms with Gasteiger partial charge in [0.15, 0.2) is 6.10 Å². The standard InChI is InChI=1S/C62H120O6/c1-56(2)48-42-36-30-24-18-12-9-7-8-10-14-21-27-33-39-45-51-60(63)66-54-59(68-62(65)53-47-41-35-29-23-17-16-20-26-32-38-44-50-58(5)6)55-67-61(64)52-46-40-34-28-22-15-11-13-19-25-31-37-43-49-57(3)4/h56-59H,7-55H2,1-6H3/t59-/m0/s1. The number of hydrogen-bond donors (Lipinski definition) is 0. The summed E-state index contributed by atoms with van der Waals surface area (Å²) in [6, 6.07) is 0. The predicted octanol–water partition coefficient (Wildman–Crippen LogP) is 20.3. The number of carbonyl (C=O) groups is 3. The summed E-state index contributed by atoms with van der Waals surface area (Å²) in [5.41, 5.74) is 0. The van der Waals surface area contributed by atoms with Crippen LogP contribution in [0.5, 0.6) is 0 Å². The zero-order chi connectivity index (χ0) is 49.8. The van der Waals surface area contributed by atoms with Gasteiger partial charge in [-0.05, 0) is 37.0 Å². The lowest BCUT2D eigenvalue weighted by molar-refractivity contribution is -0.167. The van der Waals surface area contributed by atoms with Gasteiger partial charge in [-0.1, -0.05) is 305 Å². The monoisotopic (exact) mass is 961 g/mol. The van der Waals surface area contributed by atoms with Gasteiger partial charge in [0.05, 0.1) is 0 Å². The molecular weight excluding hydrogens is 841 g/mol. The third kappa shape index (κ3) is 55.3. The highest BCUT2D eigenvalue weighted by Crippen LogP contribution is 2.19. The number of rotatable bonds is 55. The second kappa shape index (κ2) is 53.2. The number of carbonyl (C=O) groups excluding carboxylic acids is 3. The minimum absolute atomic E-state index is 0.0630. The van der Waals surface area contributed by atoms with Crippen LogP contribution in [-0.4, -0.2) is 37.2 Å². The normalized spacial score (nSPS) is 12.1. The number of ether oxygens (including phenoxy) is 3. The molecule has 0 aromatic carbocycles. The molecule has 6 heteroatoms. The van der Waals surface area contributed by atoms with E-state index in [1.165, 1.54) is 225 Å². The Hall–Kier alpha value is -1.59. The van der Waals surface area contributed by atoms with Crippen LogP contribution >= 0.6 is 0 Å². The van der Waals surface area contributed by atoms with E-state index in [2.05, 4.69) is 41.5 Å². The minimum Gasteiger partial charge on any atom is -0.462 e. The predicted molar refractivity (Wildman–Crippen MR) is 293 cm³/mol. The van der Waals surface area contributed by atoms with Gasteiger partial charge in [0.25, 0.3) is 0 Å². The van der Waals surface area contributed by atoms with Crippen molar-refractivity contribution in [2.45, 2.75) is 349 Å². The first-order chi connectivity index (χ1) is 33.1. The Balaban J connectivity index is 4.29. The average molecular weight is 962 g/mol. The highest BCUT2D eigenvalue weighted by Gasteiger charge is 2.19. The summed E-state index contributed by atoms with van der Waals surface area (Å²) in [5.74, 6) is 1.69. The maximum Gasteiger partial charge on any atom is 0.306 e. The lowest BCUT2D eigenvalue weighted by Gasteiger charge is -2.18. The summed E-state index contributed by atoms with van der Waals surface area (Å²) in [6.07, 6.45) is 56.7. The van der Waals surface area contributed by atoms with Crippen molar-refractivity contribution in [1.82, 2.24) is 0 Å². The van der Waals surface area contributed by atoms with E-state index in [0.29, 0.717) is 19.3 Å². The Bertz CT molecular complexity index is 1050. The van der Waals surface area contributed by atoms with Gasteiger partial charge in [0.1, 0.15) is 13.2 Å². The Labute approximate surface area is 425 Å². The van der Waals surface area contributed by atoms with Gasteiger partial charge >= 0.3 is 17.9 Å². The van der Waals surface area contributed by atoms with Gasteiger partial charge in [0.2, 0.25) is 0 Å². The molecule has 0 N–H and O–H groups in total. The molecular formula is C62H120O6. The number of unbranched alkanes of at least 4 members (excludes halogenated alkanes) is 38. The molecule has 0 aliphatic rings. The third-order valence-corrected chi connectivity index (χ3v) is 14.1. The molecule has 6 nitrogen and oxygen atoms in total. The molecule has 0 aliphatic carbocycles. The Morgan fingerprint density at radius 3 is 0.632 bits per heavy atom. The molecule has 1 atom stereocenters. The molecule has 404 valence electrons. The lowest BCUT2D eigenvalue weighted by atomic mass is 10.0. The molecule has 0 aromatic heterocycles. The molecule has 0 aliphatic heterocycles. The zero-order valence-electron chi connectivity index (χ0n) is 46.9. The second-order valence-corrected chi connectivity index (χ2v) is 22.8. The van der Waals surface area contributed by atoms with Crippen LogP contribution in [0.1, 0.15) is 343 Å². The average Bonchev–Trinajstić information content (AvgIpc) is 3.30. The van der Waals surface area contributed by atoms with Gasteiger partial charge in [0, 0.05) is 19.3 Å². The Morgan fingerprint density at radius 2 is 0.426 bits per heavy atom. The quantitative estimate of drug-likeness (QED) is 0.0343. The van der Waals surface area contributed by atoms with E-state index in [0.717, 1.165) is 75.5 Å². The molecule has 0 saturated carbocycles. The van der Waals surface area contributed by atoms with E-state index in [4.69, 9.17) is 14.2 Å². The third-order valence-electron chi connectivity index (χ3n) is 14.1. The number of esters is 3. The SMILES string of the molecule is CC(C)CCCCCCCCCCCCCCCCCCC(=O)OC[C@@H](COC(=O)CCCCCCCCCCCCCCCC(C)C)OC(=O)CCCCCCCCCCCCCCC(C)C. The van der Waals surface area contributed by atoms with Crippen molar-refractivity contribution < 1.29 is 28.6 Å². The molecule has 0 bridgehead atoms. The van der Waals surface area contributed by atoms with Crippen LogP contribution < -0.4 is 0 Å². The van der Waals surface area contributed by atoms with Gasteiger partial charge in [-0.25, -0.2) is 0 Å². The fourth-order valence-corrected chi connectivity index (χ4v) is 9.53. The summed E-state index contributed by atoms with van der Waals surface area (Å²) >= 11 is 0. The van der Waals surface area contributed by atoms with Crippen LogP contribution in [0, 0.1) is 17.8 Å². The Kier molecular flexibility index (Phi) is 52.0. The molecule has 0 fully saturated rings. The Morgan fingerprint density at radius 1 is 0.250 bits per heavy atom. The second-order valence-electron chi connectivity index (χ2n) is 22.8. The molecule has 0 saturated heterocycles. The van der Waals surface area contributed by atoms with Crippen molar-refractivity contribution in [1.29, 1.82) is 0 Å². The van der Waals surface area contributed by atoms with E-state index < -0.39 is 6.10 Å². The first kappa shape index (κ1) is 66.4. The highest BCUT2D eigenvalue weighted by molar-refractivity contribution is 5.71. The van der Waals surface area contributed by atoms with Gasteiger partial charge < -0.3 is 14.2 Å². The summed E-state index contributed by atoms with van der Waals surface area (Å²) in [6.45, 7) is 13.8. The smallest absolute Gasteiger partial charge is 0.306 e. The van der Waals surface area contributed by atoms with E-state index >= 15 is 0 Å². The molecule has 0 aromatic rings. The van der Waals surface area contributed by atoms with Crippen LogP contribution in [-0.2, 0) is 28.6 Å². The van der Waals surface area contributed by atoms with Crippen molar-refractivity contribution in [3.05, 3.63) is 0 Å². The van der Waals surface area contributed by atoms with Gasteiger partial charge in [-0.2, -0.15) is 0 Å². The summed E-state index contributed by atoms with van der Waals surface area (Å²) in [5, 5.41) is 0. The van der Waals surface area contributed by atoms with E-state index in [9.17, 15) is 14.4 Å². The molecule has 0 rings (SSSR count). The fraction of sp³-hybridized carbons (Fsp3) is 0.952. The van der Waals surface area contributed by atoms with E-state index in [1.54, 1.807) is 0 Å². The molecule has 68 heavy (non-hydrogen) atoms. The maximum absolute atomic E-state index is 12.9. The van der Waals surface area contributed by atoms with Crippen LogP contribution in [0.25, 0.3) is 0 Å².